The quantitative estimate of drug-likeness (QED) is 0.685. The molecule has 1 fully saturated rings. The van der Waals surface area contributed by atoms with Crippen molar-refractivity contribution in [1.82, 2.24) is 14.8 Å². The van der Waals surface area contributed by atoms with Crippen LogP contribution in [0.5, 0.6) is 0 Å². The minimum Gasteiger partial charge on any atom is -0.367 e. The molecule has 27 heavy (non-hydrogen) atoms. The SMILES string of the molecule is Cc1cccc2sc(N3CCN(c4cnn(CC(F)F)c(=O)c4)CC3)nc12. The van der Waals surface area contributed by atoms with E-state index in [1.807, 2.05) is 6.07 Å². The summed E-state index contributed by atoms with van der Waals surface area (Å²) >= 11 is 1.68. The van der Waals surface area contributed by atoms with Crippen molar-refractivity contribution in [3.63, 3.8) is 0 Å². The smallest absolute Gasteiger partial charge is 0.269 e. The molecule has 0 spiro atoms. The van der Waals surface area contributed by atoms with Gasteiger partial charge in [0.05, 0.1) is 22.1 Å². The Bertz CT molecular complexity index is 1010. The van der Waals surface area contributed by atoms with E-state index in [9.17, 15) is 13.6 Å². The number of hydrogen-bond acceptors (Lipinski definition) is 6. The summed E-state index contributed by atoms with van der Waals surface area (Å²) in [6.07, 6.45) is -1.11. The molecule has 2 aromatic heterocycles. The number of nitrogens with zero attached hydrogens (tertiary/aromatic N) is 5. The maximum atomic E-state index is 12.4. The number of halogens is 2. The molecule has 1 aliphatic heterocycles. The molecule has 3 heterocycles. The zero-order chi connectivity index (χ0) is 19.0. The Morgan fingerprint density at radius 3 is 2.59 bits per heavy atom. The van der Waals surface area contributed by atoms with Gasteiger partial charge in [0.2, 0.25) is 0 Å². The van der Waals surface area contributed by atoms with Gasteiger partial charge in [-0.15, -0.1) is 0 Å². The lowest BCUT2D eigenvalue weighted by Crippen LogP contribution is -2.47. The number of aryl methyl sites for hydroxylation is 1. The maximum Gasteiger partial charge on any atom is 0.269 e. The zero-order valence-electron chi connectivity index (χ0n) is 14.8. The minimum atomic E-state index is -2.60. The fourth-order valence-corrected chi connectivity index (χ4v) is 4.33. The molecule has 0 aliphatic carbocycles. The average Bonchev–Trinajstić information content (AvgIpc) is 3.09. The molecule has 0 amide bonds. The molecule has 1 aliphatic rings. The Balaban J connectivity index is 1.46. The number of anilines is 2. The van der Waals surface area contributed by atoms with Crippen LogP contribution in [0.25, 0.3) is 10.2 Å². The molecular weight excluding hydrogens is 372 g/mol. The van der Waals surface area contributed by atoms with Crippen LogP contribution in [0.15, 0.2) is 35.3 Å². The summed E-state index contributed by atoms with van der Waals surface area (Å²) in [5.74, 6) is 0. The van der Waals surface area contributed by atoms with E-state index < -0.39 is 18.5 Å². The number of benzene rings is 1. The fourth-order valence-electron chi connectivity index (χ4n) is 3.23. The van der Waals surface area contributed by atoms with Gasteiger partial charge < -0.3 is 9.80 Å². The summed E-state index contributed by atoms with van der Waals surface area (Å²) in [4.78, 5) is 21.0. The summed E-state index contributed by atoms with van der Waals surface area (Å²) in [5.41, 5.74) is 2.39. The molecule has 0 bridgehead atoms. The third-order valence-electron chi connectivity index (χ3n) is 4.69. The summed E-state index contributed by atoms with van der Waals surface area (Å²) in [5, 5.41) is 4.87. The van der Waals surface area contributed by atoms with Gasteiger partial charge in [0.1, 0.15) is 6.54 Å². The molecule has 9 heteroatoms. The molecule has 6 nitrogen and oxygen atoms in total. The van der Waals surface area contributed by atoms with Crippen LogP contribution in [-0.4, -0.2) is 47.4 Å². The third-order valence-corrected chi connectivity index (χ3v) is 5.77. The van der Waals surface area contributed by atoms with E-state index in [4.69, 9.17) is 4.98 Å². The normalized spacial score (nSPS) is 15.1. The molecule has 0 radical (unpaired) electrons. The molecule has 0 saturated carbocycles. The third kappa shape index (κ3) is 3.64. The van der Waals surface area contributed by atoms with E-state index in [0.29, 0.717) is 5.69 Å². The summed E-state index contributed by atoms with van der Waals surface area (Å²) in [7, 11) is 0. The maximum absolute atomic E-state index is 12.4. The molecule has 142 valence electrons. The Kier molecular flexibility index (Phi) is 4.77. The predicted molar refractivity (Wildman–Crippen MR) is 103 cm³/mol. The van der Waals surface area contributed by atoms with Gasteiger partial charge in [0.25, 0.3) is 12.0 Å². The van der Waals surface area contributed by atoms with Crippen molar-refractivity contribution in [1.29, 1.82) is 0 Å². The first-order chi connectivity index (χ1) is 13.0. The van der Waals surface area contributed by atoms with Crippen LogP contribution in [0, 0.1) is 6.92 Å². The van der Waals surface area contributed by atoms with Crippen molar-refractivity contribution in [2.24, 2.45) is 0 Å². The second kappa shape index (κ2) is 7.22. The molecule has 0 N–H and O–H groups in total. The number of thiazole rings is 1. The molecular formula is C18H19F2N5OS. The topological polar surface area (TPSA) is 54.3 Å². The first kappa shape index (κ1) is 17.8. The first-order valence-corrected chi connectivity index (χ1v) is 9.54. The average molecular weight is 391 g/mol. The Hall–Kier alpha value is -2.55. The van der Waals surface area contributed by atoms with Gasteiger partial charge in [0.15, 0.2) is 5.13 Å². The van der Waals surface area contributed by atoms with Crippen LogP contribution in [0.4, 0.5) is 19.6 Å². The van der Waals surface area contributed by atoms with E-state index in [-0.39, 0.29) is 0 Å². The van der Waals surface area contributed by atoms with Crippen LogP contribution in [0.2, 0.25) is 0 Å². The molecule has 0 atom stereocenters. The highest BCUT2D eigenvalue weighted by molar-refractivity contribution is 7.22. The number of fused-ring (bicyclic) bond motifs is 1. The van der Waals surface area contributed by atoms with Gasteiger partial charge in [-0.25, -0.2) is 18.4 Å². The Morgan fingerprint density at radius 1 is 1.19 bits per heavy atom. The lowest BCUT2D eigenvalue weighted by Gasteiger charge is -2.35. The second-order valence-electron chi connectivity index (χ2n) is 6.52. The molecule has 4 rings (SSSR count). The largest absolute Gasteiger partial charge is 0.367 e. The van der Waals surface area contributed by atoms with Gasteiger partial charge >= 0.3 is 0 Å². The number of alkyl halides is 2. The molecule has 0 unspecified atom stereocenters. The monoisotopic (exact) mass is 391 g/mol. The minimum absolute atomic E-state index is 0.503. The highest BCUT2D eigenvalue weighted by Gasteiger charge is 2.21. The number of para-hydroxylation sites is 1. The van der Waals surface area contributed by atoms with E-state index in [1.165, 1.54) is 22.5 Å². The van der Waals surface area contributed by atoms with Crippen LogP contribution in [-0.2, 0) is 6.54 Å². The molecule has 1 saturated heterocycles. The number of hydrogen-bond donors (Lipinski definition) is 0. The highest BCUT2D eigenvalue weighted by atomic mass is 32.1. The van der Waals surface area contributed by atoms with Crippen molar-refractivity contribution in [3.05, 3.63) is 46.4 Å². The van der Waals surface area contributed by atoms with Crippen molar-refractivity contribution in [2.75, 3.05) is 36.0 Å². The predicted octanol–water partition coefficient (Wildman–Crippen LogP) is 2.75. The van der Waals surface area contributed by atoms with Crippen molar-refractivity contribution < 1.29 is 8.78 Å². The summed E-state index contributed by atoms with van der Waals surface area (Å²) < 4.78 is 26.9. The lowest BCUT2D eigenvalue weighted by atomic mass is 10.2. The van der Waals surface area contributed by atoms with Crippen molar-refractivity contribution >= 4 is 32.4 Å². The number of piperazine rings is 1. The molecule has 1 aromatic carbocycles. The van der Waals surface area contributed by atoms with Crippen molar-refractivity contribution in [3.8, 4) is 0 Å². The van der Waals surface area contributed by atoms with Gasteiger partial charge in [-0.2, -0.15) is 5.10 Å². The van der Waals surface area contributed by atoms with Crippen LogP contribution in [0.1, 0.15) is 5.56 Å². The Labute approximate surface area is 158 Å². The zero-order valence-corrected chi connectivity index (χ0v) is 15.6. The van der Waals surface area contributed by atoms with E-state index in [0.717, 1.165) is 41.5 Å². The van der Waals surface area contributed by atoms with Gasteiger partial charge in [-0.3, -0.25) is 4.79 Å². The van der Waals surface area contributed by atoms with Crippen molar-refractivity contribution in [2.45, 2.75) is 19.9 Å². The van der Waals surface area contributed by atoms with Crippen LogP contribution in [0.3, 0.4) is 0 Å². The fraction of sp³-hybridized carbons (Fsp3) is 0.389. The van der Waals surface area contributed by atoms with Crippen LogP contribution >= 0.6 is 11.3 Å². The number of aromatic nitrogens is 3. The number of rotatable bonds is 4. The Morgan fingerprint density at radius 2 is 1.93 bits per heavy atom. The van der Waals surface area contributed by atoms with Gasteiger partial charge in [-0.1, -0.05) is 23.5 Å². The first-order valence-electron chi connectivity index (χ1n) is 8.72. The van der Waals surface area contributed by atoms with E-state index in [1.54, 1.807) is 11.3 Å². The highest BCUT2D eigenvalue weighted by Crippen LogP contribution is 2.31. The second-order valence-corrected chi connectivity index (χ2v) is 7.53. The van der Waals surface area contributed by atoms with Gasteiger partial charge in [-0.05, 0) is 18.6 Å². The van der Waals surface area contributed by atoms with E-state index >= 15 is 0 Å². The summed E-state index contributed by atoms with van der Waals surface area (Å²) in [6, 6.07) is 7.57. The lowest BCUT2D eigenvalue weighted by molar-refractivity contribution is 0.119. The van der Waals surface area contributed by atoms with E-state index in [2.05, 4.69) is 34.0 Å². The van der Waals surface area contributed by atoms with Crippen LogP contribution < -0.4 is 15.4 Å². The summed E-state index contributed by atoms with van der Waals surface area (Å²) in [6.45, 7) is 4.37. The van der Waals surface area contributed by atoms with Gasteiger partial charge in [0, 0.05) is 32.2 Å². The standard InChI is InChI=1S/C18H19F2N5OS/c1-12-3-2-4-14-17(12)22-18(27-14)24-7-5-23(6-8-24)13-9-16(26)25(21-10-13)11-15(19)20/h2-4,9-10,15H,5-8,11H2,1H3. The molecule has 3 aromatic rings.